The Morgan fingerprint density at radius 1 is 1.47 bits per heavy atom. The molecular weight excluding hydrogens is 218 g/mol. The normalized spacial score (nSPS) is 11.1. The number of aliphatic hydroxyl groups is 1. The van der Waals surface area contributed by atoms with Gasteiger partial charge in [0.05, 0.1) is 19.3 Å². The second kappa shape index (κ2) is 5.22. The van der Waals surface area contributed by atoms with Crippen LogP contribution in [0.1, 0.15) is 5.56 Å². The fourth-order valence-electron chi connectivity index (χ4n) is 1.35. The number of aliphatic hydroxyl groups excluding tert-OH is 1. The number of nitrogen functional groups attached to an aromatic ring is 1. The van der Waals surface area contributed by atoms with Gasteiger partial charge < -0.3 is 10.8 Å². The van der Waals surface area contributed by atoms with E-state index < -0.39 is 0 Å². The lowest BCUT2D eigenvalue weighted by Crippen LogP contribution is -2.07. The third-order valence-electron chi connectivity index (χ3n) is 2.21. The molecule has 0 saturated carbocycles. The van der Waals surface area contributed by atoms with Crippen molar-refractivity contribution in [1.29, 1.82) is 0 Å². The van der Waals surface area contributed by atoms with E-state index in [1.165, 1.54) is 4.68 Å². The van der Waals surface area contributed by atoms with E-state index in [1.54, 1.807) is 24.8 Å². The summed E-state index contributed by atoms with van der Waals surface area (Å²) in [7, 11) is 0. The summed E-state index contributed by atoms with van der Waals surface area (Å²) in [6.45, 7) is 0.367. The minimum absolute atomic E-state index is 0.00234. The number of nitrogens with two attached hydrogens (primary N) is 1. The monoisotopic (exact) mass is 231 g/mol. The SMILES string of the molecule is Nc1c(N=Cc2cccnc2)cnn1CCO. The molecule has 17 heavy (non-hydrogen) atoms. The maximum absolute atomic E-state index is 8.80. The quantitative estimate of drug-likeness (QED) is 0.754. The van der Waals surface area contributed by atoms with Crippen molar-refractivity contribution in [2.75, 3.05) is 12.3 Å². The molecule has 0 spiro atoms. The van der Waals surface area contributed by atoms with Gasteiger partial charge in [-0.25, -0.2) is 4.68 Å². The highest BCUT2D eigenvalue weighted by Gasteiger charge is 2.04. The number of aromatic nitrogens is 3. The van der Waals surface area contributed by atoms with Gasteiger partial charge in [-0.2, -0.15) is 5.10 Å². The Kier molecular flexibility index (Phi) is 3.46. The average Bonchev–Trinajstić information content (AvgIpc) is 2.70. The lowest BCUT2D eigenvalue weighted by molar-refractivity contribution is 0.270. The Balaban J connectivity index is 2.16. The van der Waals surface area contributed by atoms with Crippen LogP contribution in [0.5, 0.6) is 0 Å². The molecule has 0 aromatic carbocycles. The van der Waals surface area contributed by atoms with Crippen molar-refractivity contribution in [2.45, 2.75) is 6.54 Å². The minimum Gasteiger partial charge on any atom is -0.394 e. The van der Waals surface area contributed by atoms with Crippen LogP contribution in [0.2, 0.25) is 0 Å². The van der Waals surface area contributed by atoms with E-state index in [0.717, 1.165) is 5.56 Å². The summed E-state index contributed by atoms with van der Waals surface area (Å²) in [6.07, 6.45) is 6.64. The smallest absolute Gasteiger partial charge is 0.147 e. The predicted molar refractivity (Wildman–Crippen MR) is 65.2 cm³/mol. The van der Waals surface area contributed by atoms with Gasteiger partial charge in [-0.05, 0) is 6.07 Å². The Labute approximate surface area is 98.4 Å². The molecule has 0 atom stereocenters. The Hall–Kier alpha value is -2.21. The molecule has 0 radical (unpaired) electrons. The van der Waals surface area contributed by atoms with Crippen molar-refractivity contribution < 1.29 is 5.11 Å². The first kappa shape index (κ1) is 11.3. The summed E-state index contributed by atoms with van der Waals surface area (Å²) in [4.78, 5) is 8.20. The molecule has 0 unspecified atom stereocenters. The maximum Gasteiger partial charge on any atom is 0.147 e. The molecule has 0 saturated heterocycles. The first-order valence-corrected chi connectivity index (χ1v) is 5.17. The van der Waals surface area contributed by atoms with Gasteiger partial charge in [0.2, 0.25) is 0 Å². The zero-order chi connectivity index (χ0) is 12.1. The zero-order valence-electron chi connectivity index (χ0n) is 9.19. The molecular formula is C11H13N5O. The Morgan fingerprint density at radius 3 is 3.06 bits per heavy atom. The number of hydrogen-bond donors (Lipinski definition) is 2. The molecule has 0 bridgehead atoms. The van der Waals surface area contributed by atoms with Crippen LogP contribution >= 0.6 is 0 Å². The maximum atomic E-state index is 8.80. The molecule has 2 aromatic rings. The van der Waals surface area contributed by atoms with Crippen LogP contribution < -0.4 is 5.73 Å². The summed E-state index contributed by atoms with van der Waals surface area (Å²) in [5.41, 5.74) is 7.29. The first-order chi connectivity index (χ1) is 8.31. The number of pyridine rings is 1. The lowest BCUT2D eigenvalue weighted by Gasteiger charge is -1.99. The molecule has 3 N–H and O–H groups in total. The summed E-state index contributed by atoms with van der Waals surface area (Å²) in [5.74, 6) is 0.444. The number of anilines is 1. The summed E-state index contributed by atoms with van der Waals surface area (Å²) in [5, 5.41) is 12.8. The Morgan fingerprint density at radius 2 is 2.35 bits per heavy atom. The standard InChI is InChI=1S/C11H13N5O/c12-11-10(8-15-16(11)4-5-17)14-7-9-2-1-3-13-6-9/h1-3,6-8,17H,4-5,12H2. The molecule has 2 rings (SSSR count). The minimum atomic E-state index is -0.00234. The van der Waals surface area contributed by atoms with Gasteiger partial charge in [0.15, 0.2) is 0 Å². The van der Waals surface area contributed by atoms with Gasteiger partial charge in [0.25, 0.3) is 0 Å². The number of aliphatic imine (C=N–C) groups is 1. The number of hydrogen-bond acceptors (Lipinski definition) is 5. The van der Waals surface area contributed by atoms with Crippen molar-refractivity contribution in [3.05, 3.63) is 36.3 Å². The molecule has 0 amide bonds. The van der Waals surface area contributed by atoms with Gasteiger partial charge in [0, 0.05) is 24.2 Å². The fraction of sp³-hybridized carbons (Fsp3) is 0.182. The molecule has 2 heterocycles. The van der Waals surface area contributed by atoms with E-state index in [2.05, 4.69) is 15.1 Å². The summed E-state index contributed by atoms with van der Waals surface area (Å²) < 4.78 is 1.51. The largest absolute Gasteiger partial charge is 0.394 e. The second-order valence-corrected chi connectivity index (χ2v) is 3.41. The molecule has 88 valence electrons. The van der Waals surface area contributed by atoms with Crippen LogP contribution in [0.3, 0.4) is 0 Å². The van der Waals surface area contributed by atoms with Crippen molar-refractivity contribution in [3.8, 4) is 0 Å². The molecule has 6 heteroatoms. The van der Waals surface area contributed by atoms with E-state index in [4.69, 9.17) is 10.8 Å². The van der Waals surface area contributed by atoms with Gasteiger partial charge in [-0.3, -0.25) is 9.98 Å². The van der Waals surface area contributed by atoms with Crippen LogP contribution in [-0.2, 0) is 6.54 Å². The van der Waals surface area contributed by atoms with Crippen molar-refractivity contribution in [2.24, 2.45) is 4.99 Å². The summed E-state index contributed by atoms with van der Waals surface area (Å²) in [6, 6.07) is 3.73. The van der Waals surface area contributed by atoms with Gasteiger partial charge in [-0.1, -0.05) is 6.07 Å². The fourth-order valence-corrected chi connectivity index (χ4v) is 1.35. The number of rotatable bonds is 4. The molecule has 0 aliphatic heterocycles. The molecule has 0 aliphatic carbocycles. The molecule has 0 fully saturated rings. The van der Waals surface area contributed by atoms with E-state index in [1.807, 2.05) is 12.1 Å². The lowest BCUT2D eigenvalue weighted by atomic mass is 10.3. The van der Waals surface area contributed by atoms with Crippen LogP contribution in [-0.4, -0.2) is 32.7 Å². The van der Waals surface area contributed by atoms with E-state index in [0.29, 0.717) is 18.1 Å². The highest BCUT2D eigenvalue weighted by molar-refractivity contribution is 5.82. The average molecular weight is 231 g/mol. The highest BCUT2D eigenvalue weighted by atomic mass is 16.3. The van der Waals surface area contributed by atoms with Crippen molar-refractivity contribution >= 4 is 17.7 Å². The van der Waals surface area contributed by atoms with Crippen LogP contribution in [0.25, 0.3) is 0 Å². The topological polar surface area (TPSA) is 89.3 Å². The third-order valence-corrected chi connectivity index (χ3v) is 2.21. The van der Waals surface area contributed by atoms with Gasteiger partial charge in [0.1, 0.15) is 11.5 Å². The summed E-state index contributed by atoms with van der Waals surface area (Å²) >= 11 is 0. The van der Waals surface area contributed by atoms with E-state index in [9.17, 15) is 0 Å². The highest BCUT2D eigenvalue weighted by Crippen LogP contribution is 2.20. The van der Waals surface area contributed by atoms with E-state index >= 15 is 0 Å². The molecule has 0 aliphatic rings. The first-order valence-electron chi connectivity index (χ1n) is 5.17. The van der Waals surface area contributed by atoms with Crippen LogP contribution in [0.4, 0.5) is 11.5 Å². The number of nitrogens with zero attached hydrogens (tertiary/aromatic N) is 4. The second-order valence-electron chi connectivity index (χ2n) is 3.41. The molecule has 2 aromatic heterocycles. The van der Waals surface area contributed by atoms with E-state index in [-0.39, 0.29) is 6.61 Å². The predicted octanol–water partition coefficient (Wildman–Crippen LogP) is 0.603. The van der Waals surface area contributed by atoms with Crippen LogP contribution in [0.15, 0.2) is 35.7 Å². The zero-order valence-corrected chi connectivity index (χ0v) is 9.19. The third kappa shape index (κ3) is 2.67. The molecule has 6 nitrogen and oxygen atoms in total. The Bertz CT molecular complexity index is 506. The van der Waals surface area contributed by atoms with Crippen molar-refractivity contribution in [1.82, 2.24) is 14.8 Å². The van der Waals surface area contributed by atoms with Gasteiger partial charge >= 0.3 is 0 Å². The van der Waals surface area contributed by atoms with Crippen molar-refractivity contribution in [3.63, 3.8) is 0 Å². The van der Waals surface area contributed by atoms with Gasteiger partial charge in [-0.15, -0.1) is 0 Å². The van der Waals surface area contributed by atoms with Crippen LogP contribution in [0, 0.1) is 0 Å².